The van der Waals surface area contributed by atoms with Gasteiger partial charge in [-0.1, -0.05) is 181 Å². The van der Waals surface area contributed by atoms with E-state index in [1.165, 1.54) is 217 Å². The zero-order valence-corrected chi connectivity index (χ0v) is 38.7. The second-order valence-corrected chi connectivity index (χ2v) is 16.0. The quantitative estimate of drug-likeness (QED) is 0.0183. The van der Waals surface area contributed by atoms with Crippen molar-refractivity contribution >= 4 is 11.9 Å². The normalized spacial score (nSPS) is 10.3. The minimum atomic E-state index is -0.333. The first-order valence-corrected chi connectivity index (χ1v) is 22.5. The Morgan fingerprint density at radius 1 is 0.400 bits per heavy atom. The number of nitrogens with one attached hydrogen (secondary N) is 2. The molecule has 0 fully saturated rings. The largest absolute Gasteiger partial charge is 1.00 e. The van der Waals surface area contributed by atoms with E-state index in [0.29, 0.717) is 0 Å². The van der Waals surface area contributed by atoms with Gasteiger partial charge in [0, 0.05) is 18.6 Å². The van der Waals surface area contributed by atoms with E-state index < -0.39 is 0 Å². The minimum Gasteiger partial charge on any atom is -1.00 e. The van der Waals surface area contributed by atoms with E-state index in [1.54, 1.807) is 0 Å². The maximum Gasteiger partial charge on any atom is 0.183 e. The van der Waals surface area contributed by atoms with Crippen molar-refractivity contribution in [2.45, 2.75) is 220 Å². The highest BCUT2D eigenvalue weighted by Crippen LogP contribution is 2.14. The van der Waals surface area contributed by atoms with Crippen molar-refractivity contribution in [2.24, 2.45) is 22.9 Å². The summed E-state index contributed by atoms with van der Waals surface area (Å²) in [6, 6.07) is 6.31. The number of quaternary nitrogens is 1. The standard InChI is InChI=1S/C22H48N.C21H38N.2CH5N3.2ClH/c1-5-7-9-11-13-15-17-19-21-23(3,4)22-20-18-16-14-12-10-8-6-2;1-2-3-4-5-6-7-8-9-10-11-12-13-14-16-19-22-20-17-15-18-21-22;2*2-1(3)4;;/h5-22H2,1-4H3;15,17-18,20-21H,2-14,16,19H2,1H3;2*(H5,2,3,4);2*1H/q2*+1;;;;/p-2. The van der Waals surface area contributed by atoms with Crippen molar-refractivity contribution in [1.29, 1.82) is 10.8 Å². The molecular weight excluding hydrogens is 723 g/mol. The van der Waals surface area contributed by atoms with Crippen molar-refractivity contribution < 1.29 is 33.9 Å². The Balaban J connectivity index is -0.000000245. The van der Waals surface area contributed by atoms with Crippen LogP contribution in [0.3, 0.4) is 0 Å². The molecule has 0 aliphatic rings. The molecule has 1 aromatic rings. The molecule has 0 atom stereocenters. The molecule has 0 saturated heterocycles. The number of guanidine groups is 2. The summed E-state index contributed by atoms with van der Waals surface area (Å²) in [5.41, 5.74) is 17.9. The molecular formula is C45H96Cl2N8. The Hall–Kier alpha value is -1.77. The number of unbranched alkanes of at least 4 members (excludes halogenated alkanes) is 27. The van der Waals surface area contributed by atoms with Gasteiger partial charge in [0.1, 0.15) is 6.54 Å². The van der Waals surface area contributed by atoms with Gasteiger partial charge in [-0.3, -0.25) is 10.8 Å². The molecule has 0 spiro atoms. The van der Waals surface area contributed by atoms with Crippen molar-refractivity contribution in [2.75, 3.05) is 27.2 Å². The maximum absolute atomic E-state index is 6.06. The summed E-state index contributed by atoms with van der Waals surface area (Å²) >= 11 is 0. The number of hydrogen-bond donors (Lipinski definition) is 6. The number of rotatable bonds is 33. The molecule has 55 heavy (non-hydrogen) atoms. The van der Waals surface area contributed by atoms with Crippen molar-refractivity contribution in [3.05, 3.63) is 30.6 Å². The zero-order chi connectivity index (χ0) is 40.1. The highest BCUT2D eigenvalue weighted by Gasteiger charge is 2.13. The molecule has 330 valence electrons. The molecule has 0 amide bonds. The van der Waals surface area contributed by atoms with E-state index in [9.17, 15) is 0 Å². The van der Waals surface area contributed by atoms with Crippen LogP contribution in [0.5, 0.6) is 0 Å². The van der Waals surface area contributed by atoms with Gasteiger partial charge in [-0.25, -0.2) is 4.57 Å². The number of nitrogens with two attached hydrogens (primary N) is 4. The predicted molar refractivity (Wildman–Crippen MR) is 236 cm³/mol. The summed E-state index contributed by atoms with van der Waals surface area (Å²) < 4.78 is 3.53. The van der Waals surface area contributed by atoms with Crippen molar-refractivity contribution in [3.63, 3.8) is 0 Å². The molecule has 1 aromatic heterocycles. The third-order valence-electron chi connectivity index (χ3n) is 9.78. The Morgan fingerprint density at radius 3 is 0.873 bits per heavy atom. The number of pyridine rings is 1. The van der Waals surface area contributed by atoms with E-state index in [4.69, 9.17) is 10.8 Å². The van der Waals surface area contributed by atoms with Crippen LogP contribution in [0.1, 0.15) is 213 Å². The summed E-state index contributed by atoms with van der Waals surface area (Å²) in [4.78, 5) is 0. The molecule has 0 aliphatic carbocycles. The topological polar surface area (TPSA) is 156 Å². The number of nitrogens with zero attached hydrogens (tertiary/aromatic N) is 2. The Labute approximate surface area is 355 Å². The molecule has 0 unspecified atom stereocenters. The predicted octanol–water partition coefficient (Wildman–Crippen LogP) is 5.48. The first kappa shape index (κ1) is 62.4. The molecule has 0 aliphatic heterocycles. The monoisotopic (exact) mass is 819 g/mol. The smallest absolute Gasteiger partial charge is 0.183 e. The average molecular weight is 820 g/mol. The highest BCUT2D eigenvalue weighted by molar-refractivity contribution is 5.72. The lowest BCUT2D eigenvalue weighted by molar-refractivity contribution is -0.890. The molecule has 0 bridgehead atoms. The van der Waals surface area contributed by atoms with Crippen LogP contribution in [-0.2, 0) is 6.54 Å². The van der Waals surface area contributed by atoms with Gasteiger partial charge < -0.3 is 52.2 Å². The Kier molecular flexibility index (Phi) is 59.3. The van der Waals surface area contributed by atoms with Gasteiger partial charge in [-0.05, 0) is 32.1 Å². The molecule has 10 heteroatoms. The summed E-state index contributed by atoms with van der Waals surface area (Å²) in [7, 11) is 4.87. The first-order chi connectivity index (χ1) is 25.5. The van der Waals surface area contributed by atoms with Gasteiger partial charge in [0.05, 0.1) is 27.2 Å². The van der Waals surface area contributed by atoms with Crippen molar-refractivity contribution in [3.8, 4) is 0 Å². The molecule has 8 nitrogen and oxygen atoms in total. The van der Waals surface area contributed by atoms with Crippen LogP contribution >= 0.6 is 0 Å². The fourth-order valence-corrected chi connectivity index (χ4v) is 6.53. The van der Waals surface area contributed by atoms with E-state index in [-0.39, 0.29) is 36.7 Å². The molecule has 0 aromatic carbocycles. The van der Waals surface area contributed by atoms with Gasteiger partial charge in [-0.15, -0.1) is 0 Å². The van der Waals surface area contributed by atoms with Gasteiger partial charge in [0.15, 0.2) is 24.3 Å². The highest BCUT2D eigenvalue weighted by atomic mass is 35.5. The third-order valence-corrected chi connectivity index (χ3v) is 9.78. The van der Waals surface area contributed by atoms with Gasteiger partial charge in [0.2, 0.25) is 0 Å². The van der Waals surface area contributed by atoms with Crippen LogP contribution < -0.4 is 52.3 Å². The van der Waals surface area contributed by atoms with Crippen LogP contribution in [0.2, 0.25) is 0 Å². The number of hydrogen-bond acceptors (Lipinski definition) is 2. The second kappa shape index (κ2) is 52.2. The summed E-state index contributed by atoms with van der Waals surface area (Å²) in [5.74, 6) is -0.667. The number of halogens is 2. The SMILES string of the molecule is CCCCCCCCCCCCCCCC[n+]1ccccc1.CCCCCCCCCC[N+](C)(C)CCCCCCCCCC.N=C(N)N.N=C(N)N.[Cl-].[Cl-]. The second-order valence-electron chi connectivity index (χ2n) is 16.0. The average Bonchev–Trinajstić information content (AvgIpc) is 3.11. The van der Waals surface area contributed by atoms with Crippen LogP contribution in [0.25, 0.3) is 0 Å². The molecule has 0 saturated carbocycles. The molecule has 0 radical (unpaired) electrons. The fraction of sp³-hybridized carbons (Fsp3) is 0.844. The van der Waals surface area contributed by atoms with E-state index in [1.807, 2.05) is 0 Å². The Bertz CT molecular complexity index is 817. The van der Waals surface area contributed by atoms with Gasteiger partial charge in [0.25, 0.3) is 0 Å². The number of aromatic nitrogens is 1. The third kappa shape index (κ3) is 67.4. The maximum atomic E-state index is 6.06. The minimum absolute atomic E-state index is 0. The number of aryl methyl sites for hydroxylation is 1. The summed E-state index contributed by atoms with van der Waals surface area (Å²) in [6.07, 6.45) is 47.5. The summed E-state index contributed by atoms with van der Waals surface area (Å²) in [5, 5.41) is 12.1. The van der Waals surface area contributed by atoms with Crippen LogP contribution in [0.4, 0.5) is 0 Å². The van der Waals surface area contributed by atoms with E-state index >= 15 is 0 Å². The van der Waals surface area contributed by atoms with Crippen LogP contribution in [0.15, 0.2) is 30.6 Å². The summed E-state index contributed by atoms with van der Waals surface area (Å²) in [6.45, 7) is 10.8. The van der Waals surface area contributed by atoms with Gasteiger partial charge in [-0.2, -0.15) is 0 Å². The Morgan fingerprint density at radius 2 is 0.618 bits per heavy atom. The lowest BCUT2D eigenvalue weighted by Gasteiger charge is -2.30. The first-order valence-electron chi connectivity index (χ1n) is 22.5. The van der Waals surface area contributed by atoms with Gasteiger partial charge >= 0.3 is 0 Å². The van der Waals surface area contributed by atoms with E-state index in [2.05, 4.69) is 93.0 Å². The lowest BCUT2D eigenvalue weighted by atomic mass is 10.0. The van der Waals surface area contributed by atoms with Crippen molar-refractivity contribution in [1.82, 2.24) is 0 Å². The zero-order valence-electron chi connectivity index (χ0n) is 37.2. The molecule has 1 heterocycles. The molecule has 10 N–H and O–H groups in total. The van der Waals surface area contributed by atoms with Crippen LogP contribution in [0, 0.1) is 10.8 Å². The molecule has 1 rings (SSSR count). The van der Waals surface area contributed by atoms with E-state index in [0.717, 1.165) is 0 Å². The fourth-order valence-electron chi connectivity index (χ4n) is 6.53. The van der Waals surface area contributed by atoms with Crippen LogP contribution in [-0.4, -0.2) is 43.6 Å². The lowest BCUT2D eigenvalue weighted by Crippen LogP contribution is -3.00.